The van der Waals surface area contributed by atoms with Crippen LogP contribution >= 0.6 is 27.5 Å². The van der Waals surface area contributed by atoms with Crippen molar-refractivity contribution < 1.29 is 9.21 Å². The number of aromatic nitrogens is 1. The van der Waals surface area contributed by atoms with Gasteiger partial charge < -0.3 is 14.3 Å². The number of hydrogen-bond acceptors (Lipinski definition) is 2. The summed E-state index contributed by atoms with van der Waals surface area (Å²) in [6, 6.07) is 23.3. The van der Waals surface area contributed by atoms with E-state index in [0.29, 0.717) is 22.9 Å². The minimum atomic E-state index is -0.254. The molecule has 158 valence electrons. The molecule has 0 bridgehead atoms. The van der Waals surface area contributed by atoms with Crippen LogP contribution in [0.15, 0.2) is 81.7 Å². The van der Waals surface area contributed by atoms with Crippen LogP contribution in [-0.4, -0.2) is 22.3 Å². The Bertz CT molecular complexity index is 1490. The second-order valence-corrected chi connectivity index (χ2v) is 9.41. The fourth-order valence-electron chi connectivity index (χ4n) is 4.71. The third-order valence-electron chi connectivity index (χ3n) is 6.17. The van der Waals surface area contributed by atoms with Gasteiger partial charge >= 0.3 is 0 Å². The van der Waals surface area contributed by atoms with E-state index in [9.17, 15) is 4.79 Å². The number of H-pyrrole nitrogens is 1. The van der Waals surface area contributed by atoms with E-state index in [-0.39, 0.29) is 11.9 Å². The third-order valence-corrected chi connectivity index (χ3v) is 6.92. The van der Waals surface area contributed by atoms with Crippen molar-refractivity contribution in [2.75, 3.05) is 6.54 Å². The zero-order valence-electron chi connectivity index (χ0n) is 16.9. The van der Waals surface area contributed by atoms with Crippen LogP contribution < -0.4 is 0 Å². The standard InChI is InChI=1S/C26H18BrClN2O2/c27-17-7-10-22-16(13-17)14-23(32-22)26(31)30-12-11-20-19-3-1-2-4-21(19)29-24(20)25(30)15-5-8-18(28)9-6-15/h1-10,13-14,25,29H,11-12H2. The molecule has 1 atom stereocenters. The first kappa shape index (κ1) is 19.6. The zero-order chi connectivity index (χ0) is 21.8. The average Bonchev–Trinajstić information content (AvgIpc) is 3.39. The van der Waals surface area contributed by atoms with Crippen molar-refractivity contribution in [1.82, 2.24) is 9.88 Å². The number of aromatic amines is 1. The minimum Gasteiger partial charge on any atom is -0.451 e. The van der Waals surface area contributed by atoms with Crippen molar-refractivity contribution >= 4 is 55.3 Å². The van der Waals surface area contributed by atoms with Gasteiger partial charge in [-0.1, -0.05) is 57.9 Å². The van der Waals surface area contributed by atoms with Gasteiger partial charge in [0.15, 0.2) is 5.76 Å². The second-order valence-electron chi connectivity index (χ2n) is 8.06. The maximum absolute atomic E-state index is 13.7. The molecule has 3 aromatic carbocycles. The van der Waals surface area contributed by atoms with Crippen LogP contribution in [0.3, 0.4) is 0 Å². The Morgan fingerprint density at radius 2 is 1.88 bits per heavy atom. The topological polar surface area (TPSA) is 49.2 Å². The van der Waals surface area contributed by atoms with E-state index >= 15 is 0 Å². The molecule has 1 N–H and O–H groups in total. The zero-order valence-corrected chi connectivity index (χ0v) is 19.3. The first-order chi connectivity index (χ1) is 15.6. The van der Waals surface area contributed by atoms with E-state index < -0.39 is 0 Å². The van der Waals surface area contributed by atoms with Crippen LogP contribution in [0.25, 0.3) is 21.9 Å². The van der Waals surface area contributed by atoms with Crippen molar-refractivity contribution in [3.8, 4) is 0 Å². The van der Waals surface area contributed by atoms with Gasteiger partial charge in [0, 0.05) is 38.0 Å². The fraction of sp³-hybridized carbons (Fsp3) is 0.115. The molecule has 0 spiro atoms. The largest absolute Gasteiger partial charge is 0.451 e. The summed E-state index contributed by atoms with van der Waals surface area (Å²) < 4.78 is 6.89. The van der Waals surface area contributed by atoms with E-state index in [0.717, 1.165) is 33.1 Å². The maximum Gasteiger partial charge on any atom is 0.290 e. The number of halogens is 2. The van der Waals surface area contributed by atoms with Crippen molar-refractivity contribution in [2.24, 2.45) is 0 Å². The fourth-order valence-corrected chi connectivity index (χ4v) is 5.22. The molecule has 0 radical (unpaired) electrons. The highest BCUT2D eigenvalue weighted by Crippen LogP contribution is 2.39. The molecular weight excluding hydrogens is 488 g/mol. The number of hydrogen-bond donors (Lipinski definition) is 1. The molecule has 6 heteroatoms. The molecule has 3 heterocycles. The summed E-state index contributed by atoms with van der Waals surface area (Å²) in [4.78, 5) is 19.2. The monoisotopic (exact) mass is 504 g/mol. The molecule has 0 fully saturated rings. The number of amides is 1. The van der Waals surface area contributed by atoms with Crippen molar-refractivity contribution in [2.45, 2.75) is 12.5 Å². The Morgan fingerprint density at radius 1 is 1.06 bits per heavy atom. The predicted molar refractivity (Wildman–Crippen MR) is 130 cm³/mol. The van der Waals surface area contributed by atoms with E-state index in [1.807, 2.05) is 59.5 Å². The maximum atomic E-state index is 13.7. The summed E-state index contributed by atoms with van der Waals surface area (Å²) in [6.45, 7) is 0.599. The normalized spacial score (nSPS) is 15.9. The Morgan fingerprint density at radius 3 is 2.72 bits per heavy atom. The number of nitrogens with zero attached hydrogens (tertiary/aromatic N) is 1. The molecule has 5 aromatic rings. The molecule has 2 aromatic heterocycles. The van der Waals surface area contributed by atoms with Gasteiger partial charge in [-0.15, -0.1) is 0 Å². The van der Waals surface area contributed by atoms with Gasteiger partial charge in [-0.3, -0.25) is 4.79 Å². The first-order valence-corrected chi connectivity index (χ1v) is 11.6. The van der Waals surface area contributed by atoms with Crippen LogP contribution in [0.1, 0.15) is 33.4 Å². The highest BCUT2D eigenvalue weighted by atomic mass is 79.9. The first-order valence-electron chi connectivity index (χ1n) is 10.4. The number of furan rings is 1. The highest BCUT2D eigenvalue weighted by molar-refractivity contribution is 9.10. The molecule has 1 aliphatic rings. The SMILES string of the molecule is O=C(c1cc2cc(Br)ccc2o1)N1CCc2c([nH]c3ccccc23)C1c1ccc(Cl)cc1. The minimum absolute atomic E-state index is 0.124. The molecule has 1 aliphatic heterocycles. The van der Waals surface area contributed by atoms with Crippen molar-refractivity contribution in [3.63, 3.8) is 0 Å². The number of nitrogens with one attached hydrogen (secondary N) is 1. The number of fused-ring (bicyclic) bond motifs is 4. The van der Waals surface area contributed by atoms with Gasteiger partial charge in [-0.25, -0.2) is 0 Å². The molecular formula is C26H18BrClN2O2. The van der Waals surface area contributed by atoms with Gasteiger partial charge in [0.25, 0.3) is 5.91 Å². The Labute approximate surface area is 197 Å². The van der Waals surface area contributed by atoms with E-state index in [2.05, 4.69) is 39.1 Å². The lowest BCUT2D eigenvalue weighted by Crippen LogP contribution is -2.40. The summed E-state index contributed by atoms with van der Waals surface area (Å²) in [7, 11) is 0. The Kier molecular flexibility index (Phi) is 4.63. The molecule has 1 unspecified atom stereocenters. The molecule has 1 amide bonds. The van der Waals surface area contributed by atoms with Crippen molar-refractivity contribution in [1.29, 1.82) is 0 Å². The third kappa shape index (κ3) is 3.15. The molecule has 0 saturated carbocycles. The molecule has 6 rings (SSSR count). The number of rotatable bonds is 2. The number of benzene rings is 3. The molecule has 0 aliphatic carbocycles. The average molecular weight is 506 g/mol. The predicted octanol–water partition coefficient (Wildman–Crippen LogP) is 7.12. The summed E-state index contributed by atoms with van der Waals surface area (Å²) in [5, 5.41) is 2.78. The van der Waals surface area contributed by atoms with Gasteiger partial charge in [-0.05, 0) is 60.0 Å². The van der Waals surface area contributed by atoms with Crippen LogP contribution in [-0.2, 0) is 6.42 Å². The number of carbonyl (C=O) groups is 1. The van der Waals surface area contributed by atoms with Gasteiger partial charge in [0.1, 0.15) is 5.58 Å². The number of carbonyl (C=O) groups excluding carboxylic acids is 1. The smallest absolute Gasteiger partial charge is 0.290 e. The van der Waals surface area contributed by atoms with Crippen LogP contribution in [0.4, 0.5) is 0 Å². The van der Waals surface area contributed by atoms with Crippen LogP contribution in [0, 0.1) is 0 Å². The lowest BCUT2D eigenvalue weighted by Gasteiger charge is -2.35. The van der Waals surface area contributed by atoms with Crippen LogP contribution in [0.5, 0.6) is 0 Å². The highest BCUT2D eigenvalue weighted by Gasteiger charge is 2.36. The van der Waals surface area contributed by atoms with Crippen molar-refractivity contribution in [3.05, 3.63) is 105 Å². The Balaban J connectivity index is 1.49. The summed E-state index contributed by atoms with van der Waals surface area (Å²) >= 11 is 9.64. The lowest BCUT2D eigenvalue weighted by molar-refractivity contribution is 0.0662. The van der Waals surface area contributed by atoms with E-state index in [1.165, 1.54) is 10.9 Å². The lowest BCUT2D eigenvalue weighted by atomic mass is 9.92. The summed E-state index contributed by atoms with van der Waals surface area (Å²) in [5.74, 6) is 0.221. The molecule has 4 nitrogen and oxygen atoms in total. The number of para-hydroxylation sites is 1. The van der Waals surface area contributed by atoms with Crippen LogP contribution in [0.2, 0.25) is 5.02 Å². The Hall–Kier alpha value is -3.02. The van der Waals surface area contributed by atoms with Gasteiger partial charge in [0.05, 0.1) is 6.04 Å². The molecule has 32 heavy (non-hydrogen) atoms. The van der Waals surface area contributed by atoms with Gasteiger partial charge in [-0.2, -0.15) is 0 Å². The quantitative estimate of drug-likeness (QED) is 0.278. The second kappa shape index (κ2) is 7.54. The van der Waals surface area contributed by atoms with Gasteiger partial charge in [0.2, 0.25) is 0 Å². The van der Waals surface area contributed by atoms with E-state index in [4.69, 9.17) is 16.0 Å². The summed E-state index contributed by atoms with van der Waals surface area (Å²) in [5.41, 5.74) is 5.10. The summed E-state index contributed by atoms with van der Waals surface area (Å²) in [6.07, 6.45) is 0.779. The van der Waals surface area contributed by atoms with E-state index in [1.54, 1.807) is 0 Å². The molecule has 0 saturated heterocycles.